The third kappa shape index (κ3) is 4.55. The van der Waals surface area contributed by atoms with Gasteiger partial charge in [0, 0.05) is 29.9 Å². The lowest BCUT2D eigenvalue weighted by Crippen LogP contribution is -2.23. The van der Waals surface area contributed by atoms with Crippen molar-refractivity contribution >= 4 is 40.6 Å². The molecule has 0 bridgehead atoms. The molecule has 0 radical (unpaired) electrons. The van der Waals surface area contributed by atoms with E-state index in [0.29, 0.717) is 40.8 Å². The fourth-order valence-electron chi connectivity index (χ4n) is 2.94. The zero-order chi connectivity index (χ0) is 21.7. The zero-order valence-electron chi connectivity index (χ0n) is 16.5. The van der Waals surface area contributed by atoms with Gasteiger partial charge in [-0.2, -0.15) is 0 Å². The van der Waals surface area contributed by atoms with Crippen molar-refractivity contribution in [2.24, 2.45) is 0 Å². The van der Waals surface area contributed by atoms with Crippen LogP contribution in [0.5, 0.6) is 0 Å². The molecule has 2 amide bonds. The van der Waals surface area contributed by atoms with Crippen LogP contribution in [-0.2, 0) is 6.54 Å². The predicted molar refractivity (Wildman–Crippen MR) is 121 cm³/mol. The number of carbonyl (C=O) groups excluding carboxylic acids is 2. The third-order valence-corrected chi connectivity index (χ3v) is 4.82. The van der Waals surface area contributed by atoms with Crippen molar-refractivity contribution in [1.82, 2.24) is 14.9 Å². The molecule has 30 heavy (non-hydrogen) atoms. The number of anilines is 1. The van der Waals surface area contributed by atoms with E-state index in [9.17, 15) is 14.4 Å². The van der Waals surface area contributed by atoms with E-state index in [1.54, 1.807) is 48.5 Å². The average molecular weight is 423 g/mol. The largest absolute Gasteiger partial charge is 0.352 e. The van der Waals surface area contributed by atoms with Gasteiger partial charge in [0.05, 0.1) is 10.9 Å². The normalized spacial score (nSPS) is 10.6. The standard InChI is InChI=1S/C22H22N4O3S/c1-3-11-23-19(27)14-5-8-16(9-6-14)24-20(28)15-7-10-17-18(13-15)25-22(30)26(12-4-2)21(17)29/h4-10,13H,2-3,11-12H2,1H3,(H,23,27)(H,24,28)(H,25,30). The van der Waals surface area contributed by atoms with E-state index in [1.807, 2.05) is 6.92 Å². The van der Waals surface area contributed by atoms with E-state index in [-0.39, 0.29) is 22.1 Å². The minimum atomic E-state index is -0.338. The molecule has 0 saturated heterocycles. The summed E-state index contributed by atoms with van der Waals surface area (Å²) >= 11 is 5.23. The highest BCUT2D eigenvalue weighted by Gasteiger charge is 2.11. The SMILES string of the molecule is C=CCn1c(=S)[nH]c2cc(C(=O)Nc3ccc(C(=O)NCCC)cc3)ccc2c1=O. The predicted octanol–water partition coefficient (Wildman–Crippen LogP) is 3.64. The lowest BCUT2D eigenvalue weighted by molar-refractivity contribution is 0.0953. The van der Waals surface area contributed by atoms with E-state index < -0.39 is 0 Å². The van der Waals surface area contributed by atoms with Crippen molar-refractivity contribution in [3.8, 4) is 0 Å². The van der Waals surface area contributed by atoms with Crippen LogP contribution in [0.2, 0.25) is 0 Å². The number of fused-ring (bicyclic) bond motifs is 1. The Labute approximate surface area is 178 Å². The van der Waals surface area contributed by atoms with Crippen LogP contribution in [0.15, 0.2) is 59.9 Å². The zero-order valence-corrected chi connectivity index (χ0v) is 17.3. The molecule has 0 aliphatic carbocycles. The lowest BCUT2D eigenvalue weighted by atomic mass is 10.1. The van der Waals surface area contributed by atoms with Gasteiger partial charge in [-0.1, -0.05) is 13.0 Å². The Balaban J connectivity index is 1.81. The second-order valence-corrected chi connectivity index (χ2v) is 7.07. The van der Waals surface area contributed by atoms with Gasteiger partial charge in [-0.25, -0.2) is 0 Å². The fraction of sp³-hybridized carbons (Fsp3) is 0.182. The second kappa shape index (κ2) is 9.32. The van der Waals surface area contributed by atoms with Crippen LogP contribution < -0.4 is 16.2 Å². The molecule has 3 rings (SSSR count). The Bertz CT molecular complexity index is 1230. The third-order valence-electron chi connectivity index (χ3n) is 4.50. The van der Waals surface area contributed by atoms with Crippen LogP contribution in [0.1, 0.15) is 34.1 Å². The number of hydrogen-bond donors (Lipinski definition) is 3. The quantitative estimate of drug-likeness (QED) is 0.400. The lowest BCUT2D eigenvalue weighted by Gasteiger charge is -2.09. The minimum absolute atomic E-state index is 0.151. The summed E-state index contributed by atoms with van der Waals surface area (Å²) in [7, 11) is 0. The number of hydrogen-bond acceptors (Lipinski definition) is 4. The van der Waals surface area contributed by atoms with E-state index in [0.717, 1.165) is 6.42 Å². The Hall–Kier alpha value is -3.52. The van der Waals surface area contributed by atoms with E-state index in [4.69, 9.17) is 12.2 Å². The van der Waals surface area contributed by atoms with Crippen molar-refractivity contribution in [2.75, 3.05) is 11.9 Å². The van der Waals surface area contributed by atoms with Crippen LogP contribution in [0.3, 0.4) is 0 Å². The van der Waals surface area contributed by atoms with Gasteiger partial charge in [0.25, 0.3) is 17.4 Å². The van der Waals surface area contributed by atoms with Crippen LogP contribution in [0.4, 0.5) is 5.69 Å². The molecule has 0 aliphatic heterocycles. The van der Waals surface area contributed by atoms with Crippen LogP contribution >= 0.6 is 12.2 Å². The van der Waals surface area contributed by atoms with Crippen molar-refractivity contribution in [1.29, 1.82) is 0 Å². The maximum absolute atomic E-state index is 12.6. The average Bonchev–Trinajstić information content (AvgIpc) is 2.75. The maximum atomic E-state index is 12.6. The van der Waals surface area contributed by atoms with Crippen LogP contribution in [0, 0.1) is 4.77 Å². The minimum Gasteiger partial charge on any atom is -0.352 e. The molecule has 0 saturated carbocycles. The van der Waals surface area contributed by atoms with Crippen molar-refractivity contribution in [3.63, 3.8) is 0 Å². The van der Waals surface area contributed by atoms with Gasteiger partial charge in [-0.3, -0.25) is 19.0 Å². The summed E-state index contributed by atoms with van der Waals surface area (Å²) in [6.45, 7) is 6.53. The summed E-state index contributed by atoms with van der Waals surface area (Å²) in [5, 5.41) is 6.02. The summed E-state index contributed by atoms with van der Waals surface area (Å²) in [6.07, 6.45) is 2.45. The van der Waals surface area contributed by atoms with Gasteiger partial charge < -0.3 is 15.6 Å². The topological polar surface area (TPSA) is 96.0 Å². The molecule has 1 aromatic heterocycles. The summed E-state index contributed by atoms with van der Waals surface area (Å²) in [4.78, 5) is 40.1. The molecule has 3 aromatic rings. The molecule has 0 unspecified atom stereocenters. The summed E-state index contributed by atoms with van der Waals surface area (Å²) in [5.41, 5.74) is 1.70. The number of H-pyrrole nitrogens is 1. The van der Waals surface area contributed by atoms with Gasteiger partial charge in [-0.15, -0.1) is 6.58 Å². The van der Waals surface area contributed by atoms with Crippen molar-refractivity contribution in [2.45, 2.75) is 19.9 Å². The Morgan fingerprint density at radius 3 is 2.50 bits per heavy atom. The highest BCUT2D eigenvalue weighted by Crippen LogP contribution is 2.15. The first-order chi connectivity index (χ1) is 14.4. The number of aromatic amines is 1. The molecule has 154 valence electrons. The first kappa shape index (κ1) is 21.2. The van der Waals surface area contributed by atoms with Crippen LogP contribution in [-0.4, -0.2) is 27.9 Å². The molecule has 7 nitrogen and oxygen atoms in total. The maximum Gasteiger partial charge on any atom is 0.262 e. The van der Waals surface area contributed by atoms with Crippen molar-refractivity contribution < 1.29 is 9.59 Å². The molecule has 0 fully saturated rings. The molecule has 8 heteroatoms. The molecule has 2 aromatic carbocycles. The van der Waals surface area contributed by atoms with Gasteiger partial charge >= 0.3 is 0 Å². The smallest absolute Gasteiger partial charge is 0.262 e. The van der Waals surface area contributed by atoms with E-state index in [1.165, 1.54) is 4.57 Å². The fourth-order valence-corrected chi connectivity index (χ4v) is 3.21. The van der Waals surface area contributed by atoms with Crippen LogP contribution in [0.25, 0.3) is 10.9 Å². The second-order valence-electron chi connectivity index (χ2n) is 6.68. The number of benzene rings is 2. The number of allylic oxidation sites excluding steroid dienone is 1. The molecule has 3 N–H and O–H groups in total. The highest BCUT2D eigenvalue weighted by molar-refractivity contribution is 7.71. The molecular formula is C22H22N4O3S. The summed E-state index contributed by atoms with van der Waals surface area (Å²) in [5.74, 6) is -0.490. The molecule has 0 aliphatic rings. The van der Waals surface area contributed by atoms with Gasteiger partial charge in [-0.05, 0) is 61.1 Å². The van der Waals surface area contributed by atoms with Gasteiger partial charge in [0.1, 0.15) is 0 Å². The number of nitrogens with one attached hydrogen (secondary N) is 3. The Kier molecular flexibility index (Phi) is 6.58. The first-order valence-corrected chi connectivity index (χ1v) is 9.92. The summed E-state index contributed by atoms with van der Waals surface area (Å²) < 4.78 is 1.67. The van der Waals surface area contributed by atoms with Gasteiger partial charge in [0.15, 0.2) is 4.77 Å². The molecule has 0 atom stereocenters. The summed E-state index contributed by atoms with van der Waals surface area (Å²) in [6, 6.07) is 11.4. The first-order valence-electron chi connectivity index (χ1n) is 9.52. The number of aromatic nitrogens is 2. The molecule has 1 heterocycles. The van der Waals surface area contributed by atoms with E-state index >= 15 is 0 Å². The monoisotopic (exact) mass is 422 g/mol. The number of nitrogens with zero attached hydrogens (tertiary/aromatic N) is 1. The van der Waals surface area contributed by atoms with Gasteiger partial charge in [0.2, 0.25) is 0 Å². The molecule has 0 spiro atoms. The highest BCUT2D eigenvalue weighted by atomic mass is 32.1. The van der Waals surface area contributed by atoms with Crippen molar-refractivity contribution in [3.05, 3.63) is 81.4 Å². The Morgan fingerprint density at radius 1 is 1.13 bits per heavy atom. The Morgan fingerprint density at radius 2 is 1.83 bits per heavy atom. The van der Waals surface area contributed by atoms with E-state index in [2.05, 4.69) is 22.2 Å². The number of amides is 2. The molecular weight excluding hydrogens is 400 g/mol. The number of rotatable bonds is 7. The number of carbonyl (C=O) groups is 2.